The first kappa shape index (κ1) is 23.6. The lowest BCUT2D eigenvalue weighted by Gasteiger charge is -2.59. The predicted octanol–water partition coefficient (Wildman–Crippen LogP) is 2.70. The minimum absolute atomic E-state index is 0.0855. The summed E-state index contributed by atoms with van der Waals surface area (Å²) in [5.41, 5.74) is 2.46. The molecule has 0 heterocycles. The van der Waals surface area contributed by atoms with Gasteiger partial charge in [-0.25, -0.2) is 8.42 Å². The zero-order valence-electron chi connectivity index (χ0n) is 18.5. The van der Waals surface area contributed by atoms with E-state index in [1.54, 1.807) is 0 Å². The number of carbonyl (C=O) groups is 2. The molecule has 2 atom stereocenters. The maximum absolute atomic E-state index is 13.4. The highest BCUT2D eigenvalue weighted by Gasteiger charge is 2.59. The number of alkyl halides is 3. The second kappa shape index (κ2) is 7.68. The number of halogens is 3. The van der Waals surface area contributed by atoms with E-state index < -0.39 is 43.5 Å². The molecule has 2 amide bonds. The fraction of sp³-hybridized carbons (Fsp3) is 0.652. The Morgan fingerprint density at radius 3 is 2.18 bits per heavy atom. The molecule has 0 aliphatic heterocycles. The first-order chi connectivity index (χ1) is 15.9. The molecule has 4 bridgehead atoms. The highest BCUT2D eigenvalue weighted by Crippen LogP contribution is 2.60. The molecule has 186 valence electrons. The number of sulfonamides is 1. The molecule has 1 aromatic carbocycles. The Bertz CT molecular complexity index is 1120. The Kier molecular flexibility index (Phi) is 5.33. The lowest BCUT2D eigenvalue weighted by Crippen LogP contribution is -2.68. The number of carbonyl (C=O) groups excluding carboxylic acids is 2. The van der Waals surface area contributed by atoms with Crippen LogP contribution in [0.4, 0.5) is 13.2 Å². The van der Waals surface area contributed by atoms with Gasteiger partial charge in [-0.1, -0.05) is 12.1 Å². The van der Waals surface area contributed by atoms with Crippen LogP contribution in [0.15, 0.2) is 29.2 Å². The molecular formula is C23H28F3N3O4S. The van der Waals surface area contributed by atoms with Gasteiger partial charge < -0.3 is 11.1 Å². The summed E-state index contributed by atoms with van der Waals surface area (Å²) < 4.78 is 68.6. The standard InChI is InChI=1S/C23H28F3N3O4S/c24-23(25,26)16-4-1-2-5-17(16)34(32,33)29-22(6-3-7-22)20(31)28-18-14-8-13-9-15(18)12-21(10-13,11-14)19(27)30/h1-2,4-5,13-15,18,29H,3,6-12H2,(H2,27,30)(H,28,31). The molecule has 2 unspecified atom stereocenters. The number of benzene rings is 1. The van der Waals surface area contributed by atoms with E-state index in [0.717, 1.165) is 31.4 Å². The van der Waals surface area contributed by atoms with Gasteiger partial charge in [0.15, 0.2) is 0 Å². The van der Waals surface area contributed by atoms with Crippen molar-refractivity contribution in [1.82, 2.24) is 10.0 Å². The molecule has 0 aromatic heterocycles. The Hall–Kier alpha value is -2.14. The third-order valence-electron chi connectivity index (χ3n) is 8.55. The van der Waals surface area contributed by atoms with Crippen molar-refractivity contribution < 1.29 is 31.2 Å². The van der Waals surface area contributed by atoms with Gasteiger partial charge in [-0.05, 0) is 81.3 Å². The maximum Gasteiger partial charge on any atom is 0.417 e. The average Bonchev–Trinajstić information content (AvgIpc) is 2.72. The summed E-state index contributed by atoms with van der Waals surface area (Å²) >= 11 is 0. The van der Waals surface area contributed by atoms with E-state index in [1.165, 1.54) is 6.07 Å². The fourth-order valence-corrected chi connectivity index (χ4v) is 8.66. The summed E-state index contributed by atoms with van der Waals surface area (Å²) in [6.07, 6.45) is -0.0701. The lowest BCUT2D eigenvalue weighted by molar-refractivity contribution is -0.149. The molecule has 5 fully saturated rings. The Morgan fingerprint density at radius 1 is 1.03 bits per heavy atom. The van der Waals surface area contributed by atoms with Crippen molar-refractivity contribution >= 4 is 21.8 Å². The lowest BCUT2D eigenvalue weighted by atomic mass is 9.47. The topological polar surface area (TPSA) is 118 Å². The molecular weight excluding hydrogens is 471 g/mol. The number of hydrogen-bond donors (Lipinski definition) is 3. The van der Waals surface area contributed by atoms with Crippen LogP contribution in [0.2, 0.25) is 0 Å². The molecule has 5 aliphatic rings. The molecule has 5 aliphatic carbocycles. The average molecular weight is 500 g/mol. The van der Waals surface area contributed by atoms with Crippen LogP contribution < -0.4 is 15.8 Å². The Morgan fingerprint density at radius 2 is 1.65 bits per heavy atom. The van der Waals surface area contributed by atoms with Gasteiger partial charge in [0.2, 0.25) is 21.8 Å². The number of nitrogens with one attached hydrogen (secondary N) is 2. The van der Waals surface area contributed by atoms with Gasteiger partial charge in [-0.3, -0.25) is 9.59 Å². The molecule has 11 heteroatoms. The monoisotopic (exact) mass is 499 g/mol. The summed E-state index contributed by atoms with van der Waals surface area (Å²) in [4.78, 5) is 24.7. The molecule has 1 aromatic rings. The smallest absolute Gasteiger partial charge is 0.369 e. The van der Waals surface area contributed by atoms with E-state index in [9.17, 15) is 31.2 Å². The van der Waals surface area contributed by atoms with Crippen molar-refractivity contribution in [3.8, 4) is 0 Å². The molecule has 0 saturated heterocycles. The molecule has 5 saturated carbocycles. The van der Waals surface area contributed by atoms with Crippen LogP contribution in [0.3, 0.4) is 0 Å². The van der Waals surface area contributed by atoms with Crippen LogP contribution in [0.25, 0.3) is 0 Å². The Balaban J connectivity index is 1.36. The van der Waals surface area contributed by atoms with Gasteiger partial charge in [0.25, 0.3) is 0 Å². The molecule has 0 spiro atoms. The highest BCUT2D eigenvalue weighted by atomic mass is 32.2. The fourth-order valence-electron chi connectivity index (χ4n) is 7.00. The van der Waals surface area contributed by atoms with E-state index in [-0.39, 0.29) is 36.6 Å². The SMILES string of the molecule is NC(=O)C12CC3CC(C1)C(NC(=O)C1(NS(=O)(=O)c4ccccc4C(F)(F)F)CCC1)C(C3)C2. The maximum atomic E-state index is 13.4. The van der Waals surface area contributed by atoms with E-state index in [1.807, 2.05) is 0 Å². The van der Waals surface area contributed by atoms with Crippen LogP contribution in [0.5, 0.6) is 0 Å². The number of nitrogens with two attached hydrogens (primary N) is 1. The first-order valence-electron chi connectivity index (χ1n) is 11.7. The quantitative estimate of drug-likeness (QED) is 0.558. The van der Waals surface area contributed by atoms with Gasteiger partial charge in [-0.15, -0.1) is 0 Å². The first-order valence-corrected chi connectivity index (χ1v) is 13.1. The summed E-state index contributed by atoms with van der Waals surface area (Å²) in [5.74, 6) is -0.224. The van der Waals surface area contributed by atoms with E-state index in [0.29, 0.717) is 31.2 Å². The van der Waals surface area contributed by atoms with Crippen LogP contribution in [-0.4, -0.2) is 31.8 Å². The van der Waals surface area contributed by atoms with Crippen molar-refractivity contribution in [2.75, 3.05) is 0 Å². The minimum atomic E-state index is -4.85. The van der Waals surface area contributed by atoms with Crippen LogP contribution in [0.1, 0.15) is 56.9 Å². The largest absolute Gasteiger partial charge is 0.417 e. The van der Waals surface area contributed by atoms with Crippen LogP contribution in [-0.2, 0) is 25.8 Å². The highest BCUT2D eigenvalue weighted by molar-refractivity contribution is 7.89. The van der Waals surface area contributed by atoms with Gasteiger partial charge >= 0.3 is 6.18 Å². The number of amides is 2. The number of primary amides is 1. The van der Waals surface area contributed by atoms with E-state index in [4.69, 9.17) is 5.73 Å². The normalized spacial score (nSPS) is 33.9. The molecule has 4 N–H and O–H groups in total. The third-order valence-corrected chi connectivity index (χ3v) is 10.1. The zero-order valence-corrected chi connectivity index (χ0v) is 19.3. The minimum Gasteiger partial charge on any atom is -0.369 e. The van der Waals surface area contributed by atoms with Gasteiger partial charge in [-0.2, -0.15) is 17.9 Å². The zero-order chi connectivity index (χ0) is 24.5. The number of rotatable bonds is 6. The van der Waals surface area contributed by atoms with E-state index >= 15 is 0 Å². The van der Waals surface area contributed by atoms with Crippen LogP contribution >= 0.6 is 0 Å². The van der Waals surface area contributed by atoms with Gasteiger partial charge in [0.1, 0.15) is 5.54 Å². The molecule has 34 heavy (non-hydrogen) atoms. The van der Waals surface area contributed by atoms with Crippen molar-refractivity contribution in [2.45, 2.75) is 74.0 Å². The van der Waals surface area contributed by atoms with Crippen molar-refractivity contribution in [1.29, 1.82) is 0 Å². The molecule has 0 radical (unpaired) electrons. The third kappa shape index (κ3) is 3.71. The second-order valence-corrected chi connectivity index (χ2v) is 12.3. The Labute approximate surface area is 196 Å². The predicted molar refractivity (Wildman–Crippen MR) is 115 cm³/mol. The van der Waals surface area contributed by atoms with Crippen molar-refractivity contribution in [3.05, 3.63) is 29.8 Å². The second-order valence-electron chi connectivity index (χ2n) is 10.6. The summed E-state index contributed by atoms with van der Waals surface area (Å²) in [6, 6.07) is 3.77. The summed E-state index contributed by atoms with van der Waals surface area (Å²) in [7, 11) is -4.61. The number of hydrogen-bond acceptors (Lipinski definition) is 4. The van der Waals surface area contributed by atoms with E-state index in [2.05, 4.69) is 10.0 Å². The summed E-state index contributed by atoms with van der Waals surface area (Å²) in [5, 5.41) is 3.04. The van der Waals surface area contributed by atoms with Gasteiger partial charge in [0, 0.05) is 11.5 Å². The summed E-state index contributed by atoms with van der Waals surface area (Å²) in [6.45, 7) is 0. The molecule has 6 rings (SSSR count). The van der Waals surface area contributed by atoms with Crippen LogP contribution in [0, 0.1) is 23.2 Å². The van der Waals surface area contributed by atoms with Crippen molar-refractivity contribution in [3.63, 3.8) is 0 Å². The van der Waals surface area contributed by atoms with Crippen molar-refractivity contribution in [2.24, 2.45) is 28.9 Å². The van der Waals surface area contributed by atoms with Gasteiger partial charge in [0.05, 0.1) is 10.5 Å². The molecule has 7 nitrogen and oxygen atoms in total.